The summed E-state index contributed by atoms with van der Waals surface area (Å²) in [5, 5.41) is 24.8. The average Bonchev–Trinajstić information content (AvgIpc) is 3.82. The summed E-state index contributed by atoms with van der Waals surface area (Å²) >= 11 is 12.5. The molecule has 1 atom stereocenters. The number of hydrogen-bond acceptors (Lipinski definition) is 9. The number of carbonyl (C=O) groups is 4. The number of Topliss-reactive ketones (excluding diaryl/α,β-unsaturated/α-hetero) is 1. The summed E-state index contributed by atoms with van der Waals surface area (Å²) in [6, 6.07) is 12.2. The molecule has 2 aliphatic heterocycles. The van der Waals surface area contributed by atoms with Gasteiger partial charge < -0.3 is 26.0 Å². The summed E-state index contributed by atoms with van der Waals surface area (Å²) in [5.41, 5.74) is 8.93. The summed E-state index contributed by atoms with van der Waals surface area (Å²) in [7, 11) is 0. The Hall–Kier alpha value is -5.51. The molecule has 6 aromatic rings. The smallest absolute Gasteiger partial charge is 0.337 e. The van der Waals surface area contributed by atoms with Crippen LogP contribution in [0.5, 0.6) is 0 Å². The van der Waals surface area contributed by atoms with Crippen molar-refractivity contribution in [1.29, 1.82) is 0 Å². The molecule has 5 N–H and O–H groups in total. The lowest BCUT2D eigenvalue weighted by Crippen LogP contribution is -2.32. The van der Waals surface area contributed by atoms with E-state index in [4.69, 9.17) is 39.1 Å². The number of carbonyl (C=O) groups excluding carboxylic acids is 3. The molecule has 2 aliphatic rings. The second-order valence-corrected chi connectivity index (χ2v) is 11.9. The van der Waals surface area contributed by atoms with Crippen molar-refractivity contribution in [3.8, 4) is 0 Å². The molecule has 3 aromatic heterocycles. The number of benzene rings is 3. The highest BCUT2D eigenvalue weighted by molar-refractivity contribution is 6.55. The van der Waals surface area contributed by atoms with Gasteiger partial charge in [0.15, 0.2) is 11.5 Å². The van der Waals surface area contributed by atoms with Crippen molar-refractivity contribution in [2.45, 2.75) is 18.9 Å². The van der Waals surface area contributed by atoms with Gasteiger partial charge in [0.2, 0.25) is 0 Å². The van der Waals surface area contributed by atoms with Gasteiger partial charge in [-0.1, -0.05) is 35.3 Å². The average molecular weight is 690 g/mol. The molecule has 0 radical (unpaired) electrons. The molecule has 1 saturated heterocycles. The lowest BCUT2D eigenvalue weighted by Gasteiger charge is -2.16. The number of nitrogens with zero attached hydrogens (tertiary/aromatic N) is 6. The molecule has 5 heterocycles. The fraction of sp³-hybridized carbons (Fsp3) is 0.161. The Bertz CT molecular complexity index is 2340. The Morgan fingerprint density at radius 1 is 1.02 bits per heavy atom. The first kappa shape index (κ1) is 31.1. The normalized spacial score (nSPS) is 15.6. The highest BCUT2D eigenvalue weighted by Gasteiger charge is 2.32. The Morgan fingerprint density at radius 3 is 2.48 bits per heavy atom. The van der Waals surface area contributed by atoms with Gasteiger partial charge in [-0.15, -0.1) is 10.2 Å². The lowest BCUT2D eigenvalue weighted by molar-refractivity contribution is -0.112. The van der Waals surface area contributed by atoms with Gasteiger partial charge in [0.1, 0.15) is 11.3 Å². The number of carboxylic acids is 1. The maximum absolute atomic E-state index is 13.2. The maximum atomic E-state index is 13.2. The number of nitrogens with two attached hydrogens (primary N) is 1. The van der Waals surface area contributed by atoms with E-state index < -0.39 is 17.7 Å². The van der Waals surface area contributed by atoms with Crippen molar-refractivity contribution in [2.24, 2.45) is 5.73 Å². The number of carboxylic acid groups (broad SMARTS) is 1. The minimum Gasteiger partial charge on any atom is -0.478 e. The second-order valence-electron chi connectivity index (χ2n) is 11.2. The molecule has 0 saturated carbocycles. The molecule has 1 fully saturated rings. The molecular weight excluding hydrogens is 668 g/mol. The molecule has 0 bridgehead atoms. The first-order valence-corrected chi connectivity index (χ1v) is 15.2. The number of anilines is 1. The van der Waals surface area contributed by atoms with Crippen LogP contribution in [-0.2, 0) is 11.2 Å². The third-order valence-electron chi connectivity index (χ3n) is 8.03. The first-order chi connectivity index (χ1) is 23.0. The number of nitrogens with one attached hydrogen (secondary N) is 2. The highest BCUT2D eigenvalue weighted by atomic mass is 35.5. The number of H-pyrrole nitrogens is 1. The quantitative estimate of drug-likeness (QED) is 0.197. The van der Waals surface area contributed by atoms with Gasteiger partial charge in [-0.2, -0.15) is 14.6 Å². The Labute approximate surface area is 278 Å². The number of rotatable bonds is 4. The summed E-state index contributed by atoms with van der Waals surface area (Å²) < 4.78 is 14.8. The van der Waals surface area contributed by atoms with E-state index in [1.54, 1.807) is 33.7 Å². The molecule has 0 unspecified atom stereocenters. The van der Waals surface area contributed by atoms with E-state index in [1.165, 1.54) is 24.3 Å². The predicted molar refractivity (Wildman–Crippen MR) is 172 cm³/mol. The fourth-order valence-corrected chi connectivity index (χ4v) is 6.30. The summed E-state index contributed by atoms with van der Waals surface area (Å²) in [6.45, 7) is 1.12. The highest BCUT2D eigenvalue weighted by Crippen LogP contribution is 2.34. The number of aromatic nitrogens is 6. The minimum atomic E-state index is -1.24. The number of fused-ring (bicyclic) bond motifs is 5. The number of halogens is 3. The van der Waals surface area contributed by atoms with E-state index >= 15 is 0 Å². The van der Waals surface area contributed by atoms with Crippen LogP contribution in [-0.4, -0.2) is 82.5 Å². The number of likely N-dealkylation sites (tertiary alicyclic amines) is 1. The number of amides is 2. The van der Waals surface area contributed by atoms with E-state index in [9.17, 15) is 23.6 Å². The number of hydrogen-bond donors (Lipinski definition) is 4. The monoisotopic (exact) mass is 689 g/mol. The Balaban J connectivity index is 0.000000204. The molecule has 0 spiro atoms. The van der Waals surface area contributed by atoms with Crippen LogP contribution in [0.15, 0.2) is 48.5 Å². The lowest BCUT2D eigenvalue weighted by atomic mass is 10.1. The number of ketones is 1. The third-order valence-corrected chi connectivity index (χ3v) is 8.81. The summed E-state index contributed by atoms with van der Waals surface area (Å²) in [4.78, 5) is 55.5. The Morgan fingerprint density at radius 2 is 1.77 bits per heavy atom. The van der Waals surface area contributed by atoms with Gasteiger partial charge in [0.25, 0.3) is 23.4 Å². The Kier molecular flexibility index (Phi) is 7.74. The standard InChI is InChI=1S/C22H18ClFN8O.C9H4ClNO4/c23-18-14(21(33)31-8-7-13(25)10-31)5-6-15-17(18)19-20(26-15)27-22-29-28-16(32(22)30-19)9-11-1-3-12(24)4-2-11;10-6-3(9(14)15)1-2-4-5(6)7(12)8(13)11-4/h1-6,13H,7-10,25H2,(H,26,27,29);1-2H,(H,14,15)(H,11,12,13)/t13-;/m0./s1. The van der Waals surface area contributed by atoms with Crippen molar-refractivity contribution in [2.75, 3.05) is 18.4 Å². The summed E-state index contributed by atoms with van der Waals surface area (Å²) in [5.74, 6) is -2.43. The molecule has 8 rings (SSSR count). The predicted octanol–water partition coefficient (Wildman–Crippen LogP) is 3.88. The molecule has 242 valence electrons. The van der Waals surface area contributed by atoms with Crippen LogP contribution in [0.1, 0.15) is 48.9 Å². The zero-order valence-corrected chi connectivity index (χ0v) is 26.0. The SMILES string of the molecule is N[C@H]1CCN(C(=O)c2ccc3[nH]c4nc5nnc(Cc6ccc(F)cc6)n5nc4c3c2Cl)C1.O=C1Nc2ccc(C(=O)O)c(Cl)c2C1=O. The van der Waals surface area contributed by atoms with Gasteiger partial charge in [0, 0.05) is 30.9 Å². The second kappa shape index (κ2) is 11.9. The molecule has 0 aliphatic carbocycles. The topological polar surface area (TPSA) is 202 Å². The van der Waals surface area contributed by atoms with Crippen molar-refractivity contribution < 1.29 is 28.7 Å². The van der Waals surface area contributed by atoms with Crippen LogP contribution >= 0.6 is 23.2 Å². The third kappa shape index (κ3) is 5.36. The van der Waals surface area contributed by atoms with E-state index in [0.717, 1.165) is 12.0 Å². The van der Waals surface area contributed by atoms with Gasteiger partial charge in [-0.25, -0.2) is 9.18 Å². The van der Waals surface area contributed by atoms with Gasteiger partial charge in [-0.05, 0) is 48.4 Å². The van der Waals surface area contributed by atoms with Crippen LogP contribution in [0.25, 0.3) is 27.8 Å². The van der Waals surface area contributed by atoms with Crippen LogP contribution < -0.4 is 11.1 Å². The zero-order valence-electron chi connectivity index (χ0n) is 24.5. The molecule has 17 heteroatoms. The van der Waals surface area contributed by atoms with Crippen molar-refractivity contribution in [3.63, 3.8) is 0 Å². The first-order valence-electron chi connectivity index (χ1n) is 14.4. The molecule has 48 heavy (non-hydrogen) atoms. The molecule has 2 amide bonds. The van der Waals surface area contributed by atoms with E-state index in [0.29, 0.717) is 63.8 Å². The van der Waals surface area contributed by atoms with Gasteiger partial charge in [-0.3, -0.25) is 14.4 Å². The maximum Gasteiger partial charge on any atom is 0.337 e. The fourth-order valence-electron chi connectivity index (χ4n) is 5.63. The van der Waals surface area contributed by atoms with Crippen molar-refractivity contribution >= 4 is 80.3 Å². The molecular formula is C31H22Cl2FN9O5. The van der Waals surface area contributed by atoms with E-state index in [2.05, 4.69) is 25.5 Å². The van der Waals surface area contributed by atoms with E-state index in [1.807, 2.05) is 0 Å². The van der Waals surface area contributed by atoms with Crippen LogP contribution in [0.2, 0.25) is 10.0 Å². The van der Waals surface area contributed by atoms with Gasteiger partial charge in [0.05, 0.1) is 37.9 Å². The number of aromatic amines is 1. The van der Waals surface area contributed by atoms with Crippen LogP contribution in [0.4, 0.5) is 10.1 Å². The summed E-state index contributed by atoms with van der Waals surface area (Å²) in [6.07, 6.45) is 1.17. The largest absolute Gasteiger partial charge is 0.478 e. The van der Waals surface area contributed by atoms with Crippen LogP contribution in [0.3, 0.4) is 0 Å². The minimum absolute atomic E-state index is 0.0167. The zero-order chi connectivity index (χ0) is 33.9. The molecule has 14 nitrogen and oxygen atoms in total. The van der Waals surface area contributed by atoms with Crippen molar-refractivity contribution in [3.05, 3.63) is 92.5 Å². The van der Waals surface area contributed by atoms with Gasteiger partial charge >= 0.3 is 5.97 Å². The van der Waals surface area contributed by atoms with E-state index in [-0.39, 0.29) is 39.6 Å². The number of aromatic carboxylic acids is 1. The molecule has 3 aromatic carbocycles. The van der Waals surface area contributed by atoms with Crippen LogP contribution in [0, 0.1) is 5.82 Å². The van der Waals surface area contributed by atoms with Crippen molar-refractivity contribution in [1.82, 2.24) is 34.7 Å².